The van der Waals surface area contributed by atoms with Crippen LogP contribution in [0.1, 0.15) is 20.3 Å². The van der Waals surface area contributed by atoms with Crippen LogP contribution < -0.4 is 5.32 Å². The van der Waals surface area contributed by atoms with Gasteiger partial charge in [-0.05, 0) is 27.3 Å². The van der Waals surface area contributed by atoms with E-state index >= 15 is 0 Å². The molecule has 0 aliphatic carbocycles. The minimum absolute atomic E-state index is 0.134. The van der Waals surface area contributed by atoms with Gasteiger partial charge in [-0.3, -0.25) is 9.80 Å². The third-order valence-electron chi connectivity index (χ3n) is 4.07. The fraction of sp³-hybridized carbons (Fsp3) is 1.00. The monoisotopic (exact) mass is 227 g/mol. The molecular formula is C12H25N3O. The van der Waals surface area contributed by atoms with Gasteiger partial charge in [0.25, 0.3) is 0 Å². The zero-order valence-corrected chi connectivity index (χ0v) is 10.7. The van der Waals surface area contributed by atoms with Crippen molar-refractivity contribution in [2.24, 2.45) is 0 Å². The largest absolute Gasteiger partial charge is 0.392 e. The first-order valence-corrected chi connectivity index (χ1v) is 6.32. The quantitative estimate of drug-likeness (QED) is 0.681. The van der Waals surface area contributed by atoms with Crippen LogP contribution in [-0.2, 0) is 0 Å². The molecule has 94 valence electrons. The second-order valence-electron chi connectivity index (χ2n) is 5.96. The smallest absolute Gasteiger partial charge is 0.0680 e. The van der Waals surface area contributed by atoms with Gasteiger partial charge in [0.2, 0.25) is 0 Å². The highest BCUT2D eigenvalue weighted by Gasteiger charge is 2.33. The lowest BCUT2D eigenvalue weighted by atomic mass is 9.99. The minimum Gasteiger partial charge on any atom is -0.392 e. The SMILES string of the molecule is CN1CCN(CC2CC(O)CN2)CC1(C)C. The summed E-state index contributed by atoms with van der Waals surface area (Å²) in [5.74, 6) is 0. The van der Waals surface area contributed by atoms with Gasteiger partial charge in [-0.25, -0.2) is 0 Å². The van der Waals surface area contributed by atoms with E-state index in [4.69, 9.17) is 0 Å². The van der Waals surface area contributed by atoms with Crippen LogP contribution in [-0.4, -0.2) is 72.4 Å². The van der Waals surface area contributed by atoms with Crippen molar-refractivity contribution in [1.29, 1.82) is 0 Å². The van der Waals surface area contributed by atoms with Crippen molar-refractivity contribution in [2.75, 3.05) is 39.8 Å². The highest BCUT2D eigenvalue weighted by Crippen LogP contribution is 2.19. The van der Waals surface area contributed by atoms with Crippen LogP contribution >= 0.6 is 0 Å². The number of aliphatic hydroxyl groups excluding tert-OH is 1. The highest BCUT2D eigenvalue weighted by molar-refractivity contribution is 4.91. The van der Waals surface area contributed by atoms with Crippen molar-refractivity contribution in [3.8, 4) is 0 Å². The predicted octanol–water partition coefficient (Wildman–Crippen LogP) is -0.265. The summed E-state index contributed by atoms with van der Waals surface area (Å²) in [6, 6.07) is 0.481. The maximum atomic E-state index is 9.48. The number of hydrogen-bond donors (Lipinski definition) is 2. The number of rotatable bonds is 2. The Balaban J connectivity index is 1.83. The fourth-order valence-corrected chi connectivity index (χ4v) is 2.75. The molecule has 0 radical (unpaired) electrons. The van der Waals surface area contributed by atoms with Gasteiger partial charge in [-0.1, -0.05) is 0 Å². The van der Waals surface area contributed by atoms with Gasteiger partial charge in [0.15, 0.2) is 0 Å². The molecule has 2 saturated heterocycles. The van der Waals surface area contributed by atoms with E-state index in [1.54, 1.807) is 0 Å². The van der Waals surface area contributed by atoms with Crippen LogP contribution in [0.15, 0.2) is 0 Å². The minimum atomic E-state index is -0.134. The molecule has 0 amide bonds. The van der Waals surface area contributed by atoms with Gasteiger partial charge in [0.1, 0.15) is 0 Å². The van der Waals surface area contributed by atoms with E-state index in [1.807, 2.05) is 0 Å². The van der Waals surface area contributed by atoms with E-state index in [0.717, 1.165) is 39.1 Å². The van der Waals surface area contributed by atoms with Crippen LogP contribution in [0.4, 0.5) is 0 Å². The van der Waals surface area contributed by atoms with E-state index in [1.165, 1.54) is 0 Å². The van der Waals surface area contributed by atoms with Crippen molar-refractivity contribution < 1.29 is 5.11 Å². The number of likely N-dealkylation sites (N-methyl/N-ethyl adjacent to an activating group) is 1. The Morgan fingerprint density at radius 1 is 1.38 bits per heavy atom. The zero-order valence-electron chi connectivity index (χ0n) is 10.7. The van der Waals surface area contributed by atoms with Crippen molar-refractivity contribution >= 4 is 0 Å². The molecule has 16 heavy (non-hydrogen) atoms. The lowest BCUT2D eigenvalue weighted by Gasteiger charge is -2.46. The standard InChI is InChI=1S/C12H25N3O/c1-12(2)9-15(5-4-14(12)3)8-10-6-11(16)7-13-10/h10-11,13,16H,4-9H2,1-3H3. The molecule has 2 N–H and O–H groups in total. The number of hydrogen-bond acceptors (Lipinski definition) is 4. The van der Waals surface area contributed by atoms with Crippen LogP contribution in [0.5, 0.6) is 0 Å². The molecule has 0 spiro atoms. The van der Waals surface area contributed by atoms with Gasteiger partial charge in [0.05, 0.1) is 6.10 Å². The maximum absolute atomic E-state index is 9.48. The molecule has 4 heteroatoms. The first kappa shape index (κ1) is 12.3. The first-order chi connectivity index (χ1) is 7.47. The van der Waals surface area contributed by atoms with Gasteiger partial charge >= 0.3 is 0 Å². The average molecular weight is 227 g/mol. The summed E-state index contributed by atoms with van der Waals surface area (Å²) in [4.78, 5) is 4.95. The van der Waals surface area contributed by atoms with Crippen molar-refractivity contribution in [3.05, 3.63) is 0 Å². The van der Waals surface area contributed by atoms with Crippen LogP contribution in [0.25, 0.3) is 0 Å². The predicted molar refractivity (Wildman–Crippen MR) is 65.6 cm³/mol. The second kappa shape index (κ2) is 4.61. The second-order valence-corrected chi connectivity index (χ2v) is 5.96. The lowest BCUT2D eigenvalue weighted by Crippen LogP contribution is -2.59. The summed E-state index contributed by atoms with van der Waals surface area (Å²) in [6.45, 7) is 9.86. The molecule has 2 heterocycles. The van der Waals surface area contributed by atoms with Crippen LogP contribution in [0.3, 0.4) is 0 Å². The van der Waals surface area contributed by atoms with Gasteiger partial charge in [-0.2, -0.15) is 0 Å². The highest BCUT2D eigenvalue weighted by atomic mass is 16.3. The van der Waals surface area contributed by atoms with Gasteiger partial charge in [-0.15, -0.1) is 0 Å². The summed E-state index contributed by atoms with van der Waals surface area (Å²) < 4.78 is 0. The molecule has 2 fully saturated rings. The Kier molecular flexibility index (Phi) is 3.54. The summed E-state index contributed by atoms with van der Waals surface area (Å²) >= 11 is 0. The summed E-state index contributed by atoms with van der Waals surface area (Å²) in [7, 11) is 2.20. The summed E-state index contributed by atoms with van der Waals surface area (Å²) in [6.07, 6.45) is 0.776. The number of aliphatic hydroxyl groups is 1. The molecule has 0 aromatic carbocycles. The third kappa shape index (κ3) is 2.74. The van der Waals surface area contributed by atoms with Crippen molar-refractivity contribution in [3.63, 3.8) is 0 Å². The molecule has 0 aromatic heterocycles. The Labute approximate surface area is 98.6 Å². The number of nitrogens with zero attached hydrogens (tertiary/aromatic N) is 2. The summed E-state index contributed by atoms with van der Waals surface area (Å²) in [5, 5.41) is 12.9. The van der Waals surface area contributed by atoms with Crippen molar-refractivity contribution in [1.82, 2.24) is 15.1 Å². The molecule has 0 aromatic rings. The van der Waals surface area contributed by atoms with Crippen LogP contribution in [0.2, 0.25) is 0 Å². The number of piperazine rings is 1. The normalized spacial score (nSPS) is 36.8. The summed E-state index contributed by atoms with van der Waals surface area (Å²) in [5.41, 5.74) is 0.273. The molecule has 2 aliphatic rings. The Morgan fingerprint density at radius 2 is 2.12 bits per heavy atom. The molecule has 0 saturated carbocycles. The first-order valence-electron chi connectivity index (χ1n) is 6.32. The lowest BCUT2D eigenvalue weighted by molar-refractivity contribution is 0.0357. The number of nitrogens with one attached hydrogen (secondary N) is 1. The molecule has 2 rings (SSSR count). The molecular weight excluding hydrogens is 202 g/mol. The zero-order chi connectivity index (χ0) is 11.8. The maximum Gasteiger partial charge on any atom is 0.0680 e. The van der Waals surface area contributed by atoms with E-state index in [0.29, 0.717) is 6.04 Å². The van der Waals surface area contributed by atoms with E-state index in [2.05, 4.69) is 36.0 Å². The topological polar surface area (TPSA) is 38.7 Å². The molecule has 2 aliphatic heterocycles. The Bertz CT molecular complexity index is 244. The van der Waals surface area contributed by atoms with E-state index < -0.39 is 0 Å². The number of β-amino-alcohol motifs (C(OH)–C–C–N with tert-alkyl or cyclic N) is 1. The van der Waals surface area contributed by atoms with E-state index in [9.17, 15) is 5.11 Å². The third-order valence-corrected chi connectivity index (χ3v) is 4.07. The Morgan fingerprint density at radius 3 is 2.69 bits per heavy atom. The van der Waals surface area contributed by atoms with Gasteiger partial charge < -0.3 is 10.4 Å². The average Bonchev–Trinajstić information content (AvgIpc) is 2.57. The van der Waals surface area contributed by atoms with Crippen molar-refractivity contribution in [2.45, 2.75) is 38.0 Å². The van der Waals surface area contributed by atoms with Crippen LogP contribution in [0, 0.1) is 0 Å². The van der Waals surface area contributed by atoms with E-state index in [-0.39, 0.29) is 11.6 Å². The Hall–Kier alpha value is -0.160. The molecule has 0 bridgehead atoms. The molecule has 2 unspecified atom stereocenters. The molecule has 2 atom stereocenters. The van der Waals surface area contributed by atoms with Gasteiger partial charge in [0, 0.05) is 44.3 Å². The molecule has 4 nitrogen and oxygen atoms in total. The fourth-order valence-electron chi connectivity index (χ4n) is 2.75.